The van der Waals surface area contributed by atoms with Crippen LogP contribution in [0.2, 0.25) is 0 Å². The third-order valence-corrected chi connectivity index (χ3v) is 6.13. The van der Waals surface area contributed by atoms with E-state index in [1.54, 1.807) is 0 Å². The van der Waals surface area contributed by atoms with Crippen molar-refractivity contribution in [3.05, 3.63) is 65.1 Å². The maximum Gasteiger partial charge on any atom is 0.240 e. The summed E-state index contributed by atoms with van der Waals surface area (Å²) in [5.74, 6) is 0.426. The van der Waals surface area contributed by atoms with Gasteiger partial charge in [0.25, 0.3) is 0 Å². The van der Waals surface area contributed by atoms with Crippen molar-refractivity contribution in [2.75, 3.05) is 18.5 Å². The summed E-state index contributed by atoms with van der Waals surface area (Å²) in [7, 11) is 1.90. The number of nitrogens with zero attached hydrogens (tertiary/aromatic N) is 3. The number of carbonyl (C=O) groups excluding carboxylic acids is 1. The van der Waals surface area contributed by atoms with Crippen LogP contribution < -0.4 is 10.6 Å². The fourth-order valence-corrected chi connectivity index (χ4v) is 4.50. The lowest BCUT2D eigenvalue weighted by molar-refractivity contribution is -0.119. The third kappa shape index (κ3) is 3.85. The number of benzene rings is 1. The van der Waals surface area contributed by atoms with E-state index in [0.717, 1.165) is 59.2 Å². The molecule has 4 rings (SSSR count). The highest BCUT2D eigenvalue weighted by Crippen LogP contribution is 2.33. The van der Waals surface area contributed by atoms with Crippen molar-refractivity contribution in [3.8, 4) is 0 Å². The topological polar surface area (TPSA) is 87.4 Å². The maximum atomic E-state index is 12.1. The summed E-state index contributed by atoms with van der Waals surface area (Å²) in [5.41, 5.74) is 11.6. The van der Waals surface area contributed by atoms with Gasteiger partial charge < -0.3 is 15.6 Å². The van der Waals surface area contributed by atoms with E-state index in [1.807, 2.05) is 42.6 Å². The smallest absolute Gasteiger partial charge is 0.240 e. The van der Waals surface area contributed by atoms with Crippen molar-refractivity contribution in [2.45, 2.75) is 38.6 Å². The Balaban J connectivity index is 1.82. The zero-order chi connectivity index (χ0) is 22.0. The number of likely N-dealkylation sites (N-methyl/N-ethyl adjacent to an activating group) is 1. The summed E-state index contributed by atoms with van der Waals surface area (Å²) >= 11 is 0. The first-order valence-electron chi connectivity index (χ1n) is 10.8. The van der Waals surface area contributed by atoms with Crippen LogP contribution in [0.1, 0.15) is 47.7 Å². The third-order valence-electron chi connectivity index (χ3n) is 6.13. The molecule has 160 valence electrons. The van der Waals surface area contributed by atoms with Crippen LogP contribution in [0.15, 0.2) is 42.2 Å². The van der Waals surface area contributed by atoms with Crippen LogP contribution in [-0.4, -0.2) is 41.7 Å². The summed E-state index contributed by atoms with van der Waals surface area (Å²) in [6, 6.07) is 5.80. The number of hydrogen-bond donors (Lipinski definition) is 2. The van der Waals surface area contributed by atoms with E-state index in [9.17, 15) is 4.79 Å². The Hall–Kier alpha value is -3.41. The average molecular weight is 416 g/mol. The molecule has 1 aliphatic heterocycles. The predicted molar refractivity (Wildman–Crippen MR) is 128 cm³/mol. The summed E-state index contributed by atoms with van der Waals surface area (Å²) in [5, 5.41) is 2.12. The SMILES string of the molecule is C=Cc1cccc2c(Cc3c[nH]c4c3CCN=C4)cnc(N(C)C(CCC)C(N)=O)c12. The zero-order valence-electron chi connectivity index (χ0n) is 18.2. The minimum atomic E-state index is -0.402. The van der Waals surface area contributed by atoms with Gasteiger partial charge in [0.05, 0.1) is 5.69 Å². The van der Waals surface area contributed by atoms with E-state index >= 15 is 0 Å². The first-order valence-corrected chi connectivity index (χ1v) is 10.8. The summed E-state index contributed by atoms with van der Waals surface area (Å²) in [6.07, 6.45) is 11.1. The molecule has 0 radical (unpaired) electrons. The van der Waals surface area contributed by atoms with E-state index < -0.39 is 6.04 Å². The van der Waals surface area contributed by atoms with Gasteiger partial charge >= 0.3 is 0 Å². The number of carbonyl (C=O) groups is 1. The van der Waals surface area contributed by atoms with Crippen LogP contribution >= 0.6 is 0 Å². The Kier molecular flexibility index (Phi) is 5.89. The largest absolute Gasteiger partial charge is 0.368 e. The first kappa shape index (κ1) is 20.8. The number of rotatable bonds is 8. The number of aliphatic imine (C=N–C) groups is 1. The molecule has 31 heavy (non-hydrogen) atoms. The number of aromatic amines is 1. The molecule has 1 unspecified atom stereocenters. The molecule has 3 heterocycles. The van der Waals surface area contributed by atoms with Gasteiger partial charge in [-0.15, -0.1) is 0 Å². The number of pyridine rings is 1. The Morgan fingerprint density at radius 2 is 2.23 bits per heavy atom. The maximum absolute atomic E-state index is 12.1. The number of anilines is 1. The fraction of sp³-hybridized carbons (Fsp3) is 0.320. The number of hydrogen-bond acceptors (Lipinski definition) is 4. The Morgan fingerprint density at radius 3 is 2.97 bits per heavy atom. The van der Waals surface area contributed by atoms with Crippen molar-refractivity contribution in [1.82, 2.24) is 9.97 Å². The van der Waals surface area contributed by atoms with Gasteiger partial charge in [-0.1, -0.05) is 44.2 Å². The van der Waals surface area contributed by atoms with E-state index in [-0.39, 0.29) is 5.91 Å². The number of amides is 1. The van der Waals surface area contributed by atoms with Gasteiger partial charge in [0.2, 0.25) is 5.91 Å². The molecule has 0 spiro atoms. The molecule has 2 aromatic heterocycles. The molecule has 0 aliphatic carbocycles. The van der Waals surface area contributed by atoms with E-state index in [4.69, 9.17) is 10.7 Å². The normalized spacial score (nSPS) is 13.7. The van der Waals surface area contributed by atoms with E-state index in [0.29, 0.717) is 6.42 Å². The minimum Gasteiger partial charge on any atom is -0.368 e. The Labute approximate surface area is 182 Å². The molecular formula is C25H29N5O. The number of nitrogens with one attached hydrogen (secondary N) is 1. The van der Waals surface area contributed by atoms with Gasteiger partial charge in [-0.3, -0.25) is 9.79 Å². The first-order chi connectivity index (χ1) is 15.0. The summed E-state index contributed by atoms with van der Waals surface area (Å²) in [4.78, 5) is 26.6. The highest BCUT2D eigenvalue weighted by Gasteiger charge is 2.24. The lowest BCUT2D eigenvalue weighted by Gasteiger charge is -2.28. The quantitative estimate of drug-likeness (QED) is 0.586. The second-order valence-electron chi connectivity index (χ2n) is 8.07. The molecule has 0 fully saturated rings. The van der Waals surface area contributed by atoms with Crippen molar-refractivity contribution in [1.29, 1.82) is 0 Å². The van der Waals surface area contributed by atoms with Crippen LogP contribution in [0.4, 0.5) is 5.82 Å². The molecule has 0 bridgehead atoms. The van der Waals surface area contributed by atoms with Gasteiger partial charge in [-0.2, -0.15) is 0 Å². The molecule has 3 aromatic rings. The predicted octanol–water partition coefficient (Wildman–Crippen LogP) is 3.86. The number of aromatic nitrogens is 2. The average Bonchev–Trinajstić information content (AvgIpc) is 3.19. The Morgan fingerprint density at radius 1 is 1.39 bits per heavy atom. The lowest BCUT2D eigenvalue weighted by Crippen LogP contribution is -2.43. The minimum absolute atomic E-state index is 0.333. The van der Waals surface area contributed by atoms with Crippen LogP contribution in [0.5, 0.6) is 0 Å². The van der Waals surface area contributed by atoms with Crippen LogP contribution in [0, 0.1) is 0 Å². The molecule has 6 nitrogen and oxygen atoms in total. The second-order valence-corrected chi connectivity index (χ2v) is 8.07. The lowest BCUT2D eigenvalue weighted by atomic mass is 9.95. The molecule has 0 saturated heterocycles. The van der Waals surface area contributed by atoms with Crippen LogP contribution in [0.25, 0.3) is 16.8 Å². The van der Waals surface area contributed by atoms with Gasteiger partial charge in [-0.25, -0.2) is 4.98 Å². The van der Waals surface area contributed by atoms with Crippen molar-refractivity contribution < 1.29 is 4.79 Å². The molecule has 1 atom stereocenters. The van der Waals surface area contributed by atoms with Gasteiger partial charge in [0, 0.05) is 44.0 Å². The molecular weight excluding hydrogens is 386 g/mol. The van der Waals surface area contributed by atoms with Crippen molar-refractivity contribution in [3.63, 3.8) is 0 Å². The second kappa shape index (κ2) is 8.76. The van der Waals surface area contributed by atoms with Crippen molar-refractivity contribution in [2.24, 2.45) is 10.7 Å². The fourth-order valence-electron chi connectivity index (χ4n) is 4.50. The van der Waals surface area contributed by atoms with Gasteiger partial charge in [0.1, 0.15) is 11.9 Å². The highest BCUT2D eigenvalue weighted by atomic mass is 16.1. The molecule has 1 amide bonds. The van der Waals surface area contributed by atoms with E-state index in [1.165, 1.54) is 11.1 Å². The molecule has 0 saturated carbocycles. The van der Waals surface area contributed by atoms with Gasteiger partial charge in [0.15, 0.2) is 0 Å². The number of nitrogens with two attached hydrogens (primary N) is 1. The molecule has 1 aliphatic rings. The summed E-state index contributed by atoms with van der Waals surface area (Å²) < 4.78 is 0. The number of primary amides is 1. The Bertz CT molecular complexity index is 1160. The molecule has 3 N–H and O–H groups in total. The monoisotopic (exact) mass is 415 g/mol. The van der Waals surface area contributed by atoms with Crippen LogP contribution in [0.3, 0.4) is 0 Å². The van der Waals surface area contributed by atoms with Crippen molar-refractivity contribution >= 4 is 34.8 Å². The van der Waals surface area contributed by atoms with E-state index in [2.05, 4.69) is 35.7 Å². The number of H-pyrrole nitrogens is 1. The molecule has 6 heteroatoms. The van der Waals surface area contributed by atoms with Crippen LogP contribution in [-0.2, 0) is 17.6 Å². The summed E-state index contributed by atoms with van der Waals surface area (Å²) in [6.45, 7) is 6.88. The zero-order valence-corrected chi connectivity index (χ0v) is 18.2. The standard InChI is InChI=1S/C25H29N5O/c1-4-7-22(24(26)31)30(3)25-23-16(5-2)8-6-9-20(23)18(14-29-25)12-17-13-28-21-15-27-11-10-19(17)21/h5-6,8-9,13-15,22,28H,2,4,7,10-12H2,1,3H3,(H2,26,31). The highest BCUT2D eigenvalue weighted by molar-refractivity contribution is 6.01. The number of fused-ring (bicyclic) bond motifs is 2. The van der Waals surface area contributed by atoms with Gasteiger partial charge in [-0.05, 0) is 40.5 Å². The molecule has 1 aromatic carbocycles.